The monoisotopic (exact) mass is 363 g/mol. The van der Waals surface area contributed by atoms with Gasteiger partial charge in [-0.05, 0) is 24.6 Å². The fourth-order valence-corrected chi connectivity index (χ4v) is 3.24. The summed E-state index contributed by atoms with van der Waals surface area (Å²) in [5.74, 6) is 0.956. The highest BCUT2D eigenvalue weighted by atomic mass is 15.3. The van der Waals surface area contributed by atoms with E-state index in [0.717, 1.165) is 50.1 Å². The third-order valence-electron chi connectivity index (χ3n) is 4.73. The molecule has 0 unspecified atom stereocenters. The van der Waals surface area contributed by atoms with Crippen LogP contribution >= 0.6 is 0 Å². The van der Waals surface area contributed by atoms with E-state index in [0.29, 0.717) is 6.54 Å². The van der Waals surface area contributed by atoms with E-state index < -0.39 is 0 Å². The Morgan fingerprint density at radius 3 is 2.56 bits per heavy atom. The maximum Gasteiger partial charge on any atom is 0.194 e. The Labute approximate surface area is 162 Å². The quantitative estimate of drug-likeness (QED) is 0.655. The van der Waals surface area contributed by atoms with E-state index in [-0.39, 0.29) is 0 Å². The summed E-state index contributed by atoms with van der Waals surface area (Å²) in [6, 6.07) is 16.6. The summed E-state index contributed by atoms with van der Waals surface area (Å²) >= 11 is 0. The Morgan fingerprint density at radius 2 is 1.85 bits per heavy atom. The Morgan fingerprint density at radius 1 is 1.07 bits per heavy atom. The van der Waals surface area contributed by atoms with Crippen LogP contribution in [-0.4, -0.2) is 60.5 Å². The number of hydrogen-bond donors (Lipinski definition) is 1. The highest BCUT2D eigenvalue weighted by Gasteiger charge is 2.18. The molecule has 1 aliphatic heterocycles. The molecule has 0 spiro atoms. The fourth-order valence-electron chi connectivity index (χ4n) is 3.24. The molecule has 1 N–H and O–H groups in total. The van der Waals surface area contributed by atoms with Gasteiger partial charge in [0.25, 0.3) is 0 Å². The summed E-state index contributed by atoms with van der Waals surface area (Å²) in [4.78, 5) is 13.8. The topological polar surface area (TPSA) is 43.8 Å². The summed E-state index contributed by atoms with van der Waals surface area (Å²) in [6.07, 6.45) is 4.45. The molecule has 142 valence electrons. The van der Waals surface area contributed by atoms with Gasteiger partial charge in [0, 0.05) is 45.5 Å². The van der Waals surface area contributed by atoms with Crippen LogP contribution in [0.2, 0.25) is 0 Å². The van der Waals surface area contributed by atoms with Gasteiger partial charge in [0.2, 0.25) is 0 Å². The lowest BCUT2D eigenvalue weighted by molar-refractivity contribution is 0.194. The van der Waals surface area contributed by atoms with Crippen molar-refractivity contribution >= 4 is 12.0 Å². The van der Waals surface area contributed by atoms with Crippen LogP contribution in [0.1, 0.15) is 17.0 Å². The number of rotatable bonds is 5. The minimum absolute atomic E-state index is 0.703. The van der Waals surface area contributed by atoms with Gasteiger partial charge in [-0.3, -0.25) is 14.9 Å². The molecule has 1 aliphatic rings. The van der Waals surface area contributed by atoms with E-state index in [4.69, 9.17) is 0 Å². The first-order valence-corrected chi connectivity index (χ1v) is 9.56. The zero-order valence-electron chi connectivity index (χ0n) is 16.3. The van der Waals surface area contributed by atoms with Gasteiger partial charge < -0.3 is 10.2 Å². The second-order valence-electron chi connectivity index (χ2n) is 6.77. The van der Waals surface area contributed by atoms with Crippen molar-refractivity contribution in [1.29, 1.82) is 0 Å². The van der Waals surface area contributed by atoms with Gasteiger partial charge in [0.05, 0.1) is 12.2 Å². The average Bonchev–Trinajstić information content (AvgIpc) is 2.70. The molecule has 27 heavy (non-hydrogen) atoms. The molecule has 3 rings (SSSR count). The van der Waals surface area contributed by atoms with Gasteiger partial charge in [-0.2, -0.15) is 0 Å². The van der Waals surface area contributed by atoms with Crippen LogP contribution in [0.5, 0.6) is 0 Å². The maximum atomic E-state index is 4.54. The Hall–Kier alpha value is -2.66. The lowest BCUT2D eigenvalue weighted by Gasteiger charge is -2.36. The van der Waals surface area contributed by atoms with Gasteiger partial charge in [-0.15, -0.1) is 0 Å². The minimum Gasteiger partial charge on any atom is -0.351 e. The van der Waals surface area contributed by atoms with Crippen molar-refractivity contribution in [2.45, 2.75) is 13.5 Å². The van der Waals surface area contributed by atoms with E-state index in [9.17, 15) is 0 Å². The number of aryl methyl sites for hydroxylation is 1. The van der Waals surface area contributed by atoms with E-state index in [1.165, 1.54) is 5.56 Å². The Kier molecular flexibility index (Phi) is 6.99. The molecule has 1 fully saturated rings. The van der Waals surface area contributed by atoms with Gasteiger partial charge in [0.15, 0.2) is 5.96 Å². The number of pyridine rings is 1. The first-order chi connectivity index (χ1) is 13.2. The van der Waals surface area contributed by atoms with Gasteiger partial charge in [-0.25, -0.2) is 0 Å². The predicted octanol–water partition coefficient (Wildman–Crippen LogP) is 2.80. The molecule has 2 heterocycles. The van der Waals surface area contributed by atoms with E-state index >= 15 is 0 Å². The van der Waals surface area contributed by atoms with Crippen LogP contribution in [0.25, 0.3) is 6.08 Å². The largest absolute Gasteiger partial charge is 0.351 e. The first kappa shape index (κ1) is 19.1. The number of aliphatic imine (C=N–C) groups is 1. The lowest BCUT2D eigenvalue weighted by atomic mass is 10.2. The van der Waals surface area contributed by atoms with Crippen LogP contribution in [-0.2, 0) is 6.54 Å². The number of hydrogen-bond acceptors (Lipinski definition) is 3. The number of nitrogens with zero attached hydrogens (tertiary/aromatic N) is 4. The van der Waals surface area contributed by atoms with Gasteiger partial charge in [0.1, 0.15) is 0 Å². The van der Waals surface area contributed by atoms with Crippen molar-refractivity contribution in [1.82, 2.24) is 20.1 Å². The predicted molar refractivity (Wildman–Crippen MR) is 113 cm³/mol. The van der Waals surface area contributed by atoms with Gasteiger partial charge >= 0.3 is 0 Å². The molecule has 5 nitrogen and oxygen atoms in total. The van der Waals surface area contributed by atoms with Crippen molar-refractivity contribution in [3.63, 3.8) is 0 Å². The van der Waals surface area contributed by atoms with Crippen LogP contribution in [0, 0.1) is 6.92 Å². The lowest BCUT2D eigenvalue weighted by Crippen LogP contribution is -2.52. The number of aromatic nitrogens is 1. The van der Waals surface area contributed by atoms with Gasteiger partial charge in [-0.1, -0.05) is 48.6 Å². The summed E-state index contributed by atoms with van der Waals surface area (Å²) in [7, 11) is 1.85. The molecule has 0 aliphatic carbocycles. The number of nitrogens with one attached hydrogen (secondary N) is 1. The molecule has 0 saturated carbocycles. The molecule has 2 aromatic rings. The minimum atomic E-state index is 0.703. The summed E-state index contributed by atoms with van der Waals surface area (Å²) in [5, 5.41) is 3.44. The molecule has 1 aromatic carbocycles. The van der Waals surface area contributed by atoms with E-state index in [2.05, 4.69) is 61.5 Å². The highest BCUT2D eigenvalue weighted by Crippen LogP contribution is 2.05. The number of benzene rings is 1. The third-order valence-corrected chi connectivity index (χ3v) is 4.73. The van der Waals surface area contributed by atoms with Crippen molar-refractivity contribution in [3.8, 4) is 0 Å². The summed E-state index contributed by atoms with van der Waals surface area (Å²) in [5.41, 5.74) is 3.34. The van der Waals surface area contributed by atoms with E-state index in [1.807, 2.05) is 38.2 Å². The zero-order valence-corrected chi connectivity index (χ0v) is 16.3. The average molecular weight is 364 g/mol. The van der Waals surface area contributed by atoms with Crippen molar-refractivity contribution in [2.75, 3.05) is 39.8 Å². The smallest absolute Gasteiger partial charge is 0.194 e. The molecule has 0 atom stereocenters. The second kappa shape index (κ2) is 9.88. The van der Waals surface area contributed by atoms with Crippen molar-refractivity contribution in [3.05, 3.63) is 71.6 Å². The Bertz CT molecular complexity index is 761. The zero-order chi connectivity index (χ0) is 18.9. The van der Waals surface area contributed by atoms with Crippen LogP contribution in [0.3, 0.4) is 0 Å². The van der Waals surface area contributed by atoms with Crippen molar-refractivity contribution < 1.29 is 0 Å². The van der Waals surface area contributed by atoms with Crippen molar-refractivity contribution in [2.24, 2.45) is 4.99 Å². The third kappa shape index (κ3) is 5.93. The second-order valence-corrected chi connectivity index (χ2v) is 6.77. The first-order valence-electron chi connectivity index (χ1n) is 9.56. The molecule has 5 heteroatoms. The Balaban J connectivity index is 1.44. The number of piperazine rings is 1. The number of guanidine groups is 1. The maximum absolute atomic E-state index is 4.54. The summed E-state index contributed by atoms with van der Waals surface area (Å²) < 4.78 is 0. The van der Waals surface area contributed by atoms with Crippen LogP contribution in [0.4, 0.5) is 0 Å². The molecule has 1 saturated heterocycles. The van der Waals surface area contributed by atoms with Crippen LogP contribution < -0.4 is 5.32 Å². The highest BCUT2D eigenvalue weighted by molar-refractivity contribution is 5.79. The fraction of sp³-hybridized carbons (Fsp3) is 0.364. The molecule has 0 amide bonds. The SMILES string of the molecule is CN=C(NCc1cccc(C)n1)N1CCN(C/C=C/c2ccccc2)CC1. The van der Waals surface area contributed by atoms with E-state index in [1.54, 1.807) is 0 Å². The molecular weight excluding hydrogens is 334 g/mol. The standard InChI is InChI=1S/C22H29N5/c1-19-8-6-12-21(25-19)18-24-22(23-2)27-16-14-26(15-17-27)13-7-11-20-9-4-3-5-10-20/h3-12H,13-18H2,1-2H3,(H,23,24)/b11-7+. The molecule has 0 bridgehead atoms. The normalized spacial score (nSPS) is 16.1. The van der Waals surface area contributed by atoms with Crippen LogP contribution in [0.15, 0.2) is 59.6 Å². The summed E-state index contributed by atoms with van der Waals surface area (Å²) in [6.45, 7) is 7.77. The molecule has 0 radical (unpaired) electrons. The molecule has 1 aromatic heterocycles. The molecular formula is C22H29N5.